The average molecular weight is 392 g/mol. The van der Waals surface area contributed by atoms with Gasteiger partial charge in [-0.25, -0.2) is 0 Å². The van der Waals surface area contributed by atoms with E-state index in [4.69, 9.17) is 27.9 Å². The number of benzene rings is 2. The molecule has 1 atom stereocenters. The molecule has 26 heavy (non-hydrogen) atoms. The number of amides is 1. The summed E-state index contributed by atoms with van der Waals surface area (Å²) in [5.74, 6) is 0.215. The predicted octanol–water partition coefficient (Wildman–Crippen LogP) is 4.94. The van der Waals surface area contributed by atoms with Crippen molar-refractivity contribution < 1.29 is 14.3 Å². The molecule has 0 spiro atoms. The number of ketones is 1. The van der Waals surface area contributed by atoms with Crippen molar-refractivity contribution >= 4 is 40.6 Å². The van der Waals surface area contributed by atoms with E-state index in [9.17, 15) is 9.59 Å². The molecule has 1 unspecified atom stereocenters. The Morgan fingerprint density at radius 3 is 2.62 bits per heavy atom. The molecule has 0 radical (unpaired) electrons. The summed E-state index contributed by atoms with van der Waals surface area (Å²) in [6, 6.07) is 10.4. The van der Waals surface area contributed by atoms with Crippen LogP contribution in [0.15, 0.2) is 36.4 Å². The molecule has 0 aromatic heterocycles. The van der Waals surface area contributed by atoms with Crippen molar-refractivity contribution in [2.45, 2.75) is 32.8 Å². The molecular formula is C20H19Cl2NO3. The maximum atomic E-state index is 13.0. The van der Waals surface area contributed by atoms with Gasteiger partial charge in [0.2, 0.25) is 0 Å². The number of fused-ring (bicyclic) bond motifs is 1. The molecule has 136 valence electrons. The van der Waals surface area contributed by atoms with Crippen LogP contribution in [0.3, 0.4) is 0 Å². The Morgan fingerprint density at radius 2 is 1.92 bits per heavy atom. The number of ether oxygens (including phenoxy) is 1. The van der Waals surface area contributed by atoms with E-state index in [0.717, 1.165) is 24.1 Å². The SMILES string of the molecule is CC(=O)c1ccc2c(c1)N(C(=O)C(C)Oc1ccc(Cl)cc1Cl)CCC2. The van der Waals surface area contributed by atoms with E-state index in [-0.39, 0.29) is 11.7 Å². The molecule has 0 fully saturated rings. The van der Waals surface area contributed by atoms with E-state index in [0.29, 0.717) is 27.9 Å². The van der Waals surface area contributed by atoms with E-state index in [1.807, 2.05) is 12.1 Å². The lowest BCUT2D eigenvalue weighted by atomic mass is 9.98. The maximum Gasteiger partial charge on any atom is 0.267 e. The van der Waals surface area contributed by atoms with Crippen molar-refractivity contribution in [2.75, 3.05) is 11.4 Å². The van der Waals surface area contributed by atoms with Gasteiger partial charge in [-0.15, -0.1) is 0 Å². The van der Waals surface area contributed by atoms with Crippen LogP contribution in [0.1, 0.15) is 36.2 Å². The molecule has 3 rings (SSSR count). The summed E-state index contributed by atoms with van der Waals surface area (Å²) in [7, 11) is 0. The molecule has 0 saturated heterocycles. The summed E-state index contributed by atoms with van der Waals surface area (Å²) in [5, 5.41) is 0.859. The summed E-state index contributed by atoms with van der Waals surface area (Å²) in [4.78, 5) is 26.4. The Bertz CT molecular complexity index is 866. The zero-order valence-corrected chi connectivity index (χ0v) is 16.1. The Labute approximate surface area is 162 Å². The number of anilines is 1. The number of Topliss-reactive ketones (excluding diaryl/α,β-unsaturated/α-hetero) is 1. The van der Waals surface area contributed by atoms with Gasteiger partial charge in [0.1, 0.15) is 5.75 Å². The summed E-state index contributed by atoms with van der Waals surface area (Å²) < 4.78 is 5.76. The van der Waals surface area contributed by atoms with Crippen molar-refractivity contribution in [3.05, 3.63) is 57.6 Å². The summed E-state index contributed by atoms with van der Waals surface area (Å²) >= 11 is 12.0. The van der Waals surface area contributed by atoms with Gasteiger partial charge >= 0.3 is 0 Å². The van der Waals surface area contributed by atoms with Crippen LogP contribution in [0, 0.1) is 0 Å². The lowest BCUT2D eigenvalue weighted by molar-refractivity contribution is -0.124. The van der Waals surface area contributed by atoms with Gasteiger partial charge in [0.25, 0.3) is 5.91 Å². The van der Waals surface area contributed by atoms with Crippen LogP contribution in [0.5, 0.6) is 5.75 Å². The van der Waals surface area contributed by atoms with Crippen LogP contribution in [-0.2, 0) is 11.2 Å². The standard InChI is InChI=1S/C20H19Cl2NO3/c1-12(24)15-6-5-14-4-3-9-23(18(14)10-15)20(25)13(2)26-19-8-7-16(21)11-17(19)22/h5-8,10-11,13H,3-4,9H2,1-2H3. The molecule has 1 aliphatic rings. The van der Waals surface area contributed by atoms with Gasteiger partial charge in [-0.2, -0.15) is 0 Å². The number of rotatable bonds is 4. The fourth-order valence-electron chi connectivity index (χ4n) is 3.05. The summed E-state index contributed by atoms with van der Waals surface area (Å²) in [6.45, 7) is 3.80. The normalized spacial score (nSPS) is 14.5. The third-order valence-corrected chi connectivity index (χ3v) is 4.95. The fourth-order valence-corrected chi connectivity index (χ4v) is 3.51. The van der Waals surface area contributed by atoms with E-state index in [1.54, 1.807) is 36.1 Å². The molecule has 2 aromatic carbocycles. The fraction of sp³-hybridized carbons (Fsp3) is 0.300. The molecule has 6 heteroatoms. The minimum atomic E-state index is -0.722. The predicted molar refractivity (Wildman–Crippen MR) is 104 cm³/mol. The number of hydrogen-bond acceptors (Lipinski definition) is 3. The molecule has 4 nitrogen and oxygen atoms in total. The molecule has 0 bridgehead atoms. The second kappa shape index (κ2) is 7.68. The molecule has 0 aliphatic carbocycles. The number of carbonyl (C=O) groups excluding carboxylic acids is 2. The topological polar surface area (TPSA) is 46.6 Å². The van der Waals surface area contributed by atoms with Crippen molar-refractivity contribution in [3.63, 3.8) is 0 Å². The Hall–Kier alpha value is -2.04. The van der Waals surface area contributed by atoms with Gasteiger partial charge in [-0.3, -0.25) is 9.59 Å². The van der Waals surface area contributed by atoms with Crippen molar-refractivity contribution in [2.24, 2.45) is 0 Å². The summed E-state index contributed by atoms with van der Waals surface area (Å²) in [6.07, 6.45) is 1.03. The van der Waals surface area contributed by atoms with Gasteiger partial charge in [0.15, 0.2) is 11.9 Å². The number of aryl methyl sites for hydroxylation is 1. The van der Waals surface area contributed by atoms with Crippen LogP contribution in [0.25, 0.3) is 0 Å². The Balaban J connectivity index is 1.84. The highest BCUT2D eigenvalue weighted by Crippen LogP contribution is 2.31. The Morgan fingerprint density at radius 1 is 1.15 bits per heavy atom. The molecule has 1 heterocycles. The molecule has 1 aliphatic heterocycles. The van der Waals surface area contributed by atoms with Crippen molar-refractivity contribution in [1.29, 1.82) is 0 Å². The zero-order chi connectivity index (χ0) is 18.8. The van der Waals surface area contributed by atoms with E-state index >= 15 is 0 Å². The molecule has 2 aromatic rings. The van der Waals surface area contributed by atoms with Gasteiger partial charge in [-0.1, -0.05) is 35.3 Å². The lowest BCUT2D eigenvalue weighted by Gasteiger charge is -2.32. The van der Waals surface area contributed by atoms with E-state index < -0.39 is 6.10 Å². The quantitative estimate of drug-likeness (QED) is 0.693. The number of hydrogen-bond donors (Lipinski definition) is 0. The first kappa shape index (κ1) is 18.7. The van der Waals surface area contributed by atoms with Crippen molar-refractivity contribution in [1.82, 2.24) is 0 Å². The monoisotopic (exact) mass is 391 g/mol. The zero-order valence-electron chi connectivity index (χ0n) is 14.6. The minimum absolute atomic E-state index is 0.0250. The van der Waals surface area contributed by atoms with Crippen LogP contribution in [0.4, 0.5) is 5.69 Å². The van der Waals surface area contributed by atoms with Gasteiger partial charge < -0.3 is 9.64 Å². The highest BCUT2D eigenvalue weighted by molar-refractivity contribution is 6.35. The van der Waals surface area contributed by atoms with Crippen LogP contribution >= 0.6 is 23.2 Å². The van der Waals surface area contributed by atoms with E-state index in [1.165, 1.54) is 6.92 Å². The van der Waals surface area contributed by atoms with Crippen molar-refractivity contribution in [3.8, 4) is 5.75 Å². The first-order valence-corrected chi connectivity index (χ1v) is 9.19. The lowest BCUT2D eigenvalue weighted by Crippen LogP contribution is -2.43. The maximum absolute atomic E-state index is 13.0. The van der Waals surface area contributed by atoms with Crippen LogP contribution in [0.2, 0.25) is 10.0 Å². The first-order valence-electron chi connectivity index (χ1n) is 8.44. The Kier molecular flexibility index (Phi) is 5.54. The number of halogens is 2. The van der Waals surface area contributed by atoms with E-state index in [2.05, 4.69) is 0 Å². The van der Waals surface area contributed by atoms with Crippen LogP contribution < -0.4 is 9.64 Å². The molecule has 0 N–H and O–H groups in total. The molecule has 1 amide bonds. The highest BCUT2D eigenvalue weighted by atomic mass is 35.5. The van der Waals surface area contributed by atoms with Gasteiger partial charge in [0.05, 0.1) is 5.02 Å². The van der Waals surface area contributed by atoms with Crippen LogP contribution in [-0.4, -0.2) is 24.3 Å². The number of carbonyl (C=O) groups is 2. The van der Waals surface area contributed by atoms with Gasteiger partial charge in [-0.05, 0) is 56.5 Å². The second-order valence-electron chi connectivity index (χ2n) is 6.33. The molecule has 0 saturated carbocycles. The average Bonchev–Trinajstić information content (AvgIpc) is 2.62. The third kappa shape index (κ3) is 3.87. The minimum Gasteiger partial charge on any atom is -0.479 e. The van der Waals surface area contributed by atoms with Gasteiger partial charge in [0, 0.05) is 22.8 Å². The largest absolute Gasteiger partial charge is 0.479 e. The highest BCUT2D eigenvalue weighted by Gasteiger charge is 2.28. The molecular weight excluding hydrogens is 373 g/mol. The smallest absolute Gasteiger partial charge is 0.267 e. The second-order valence-corrected chi connectivity index (χ2v) is 7.17. The third-order valence-electron chi connectivity index (χ3n) is 4.42. The first-order chi connectivity index (χ1) is 12.4. The number of nitrogens with zero attached hydrogens (tertiary/aromatic N) is 1. The summed E-state index contributed by atoms with van der Waals surface area (Å²) in [5.41, 5.74) is 2.44.